The average Bonchev–Trinajstić information content (AvgIpc) is 3.09. The number of alkyl halides is 3. The summed E-state index contributed by atoms with van der Waals surface area (Å²) in [6.07, 6.45) is -4.48. The van der Waals surface area contributed by atoms with Crippen molar-refractivity contribution in [2.24, 2.45) is 0 Å². The molecule has 0 bridgehead atoms. The quantitative estimate of drug-likeness (QED) is 0.629. The summed E-state index contributed by atoms with van der Waals surface area (Å²) in [5.41, 5.74) is 0.258. The molecule has 140 valence electrons. The molecule has 0 saturated carbocycles. The van der Waals surface area contributed by atoms with Crippen molar-refractivity contribution < 1.29 is 18.0 Å². The normalized spacial score (nSPS) is 12.4. The molecule has 9 heteroatoms. The van der Waals surface area contributed by atoms with Crippen molar-refractivity contribution in [2.45, 2.75) is 19.0 Å². The lowest BCUT2D eigenvalue weighted by Crippen LogP contribution is -2.19. The minimum atomic E-state index is -4.48. The number of nitrogens with one attached hydrogen (secondary N) is 2. The molecule has 0 spiro atoms. The molecule has 0 aliphatic heterocycles. The van der Waals surface area contributed by atoms with Gasteiger partial charge in [-0.2, -0.15) is 13.2 Å². The third-order valence-corrected chi connectivity index (χ3v) is 4.80. The number of hydrogen-bond donors (Lipinski definition) is 2. The zero-order valence-electron chi connectivity index (χ0n) is 14.1. The van der Waals surface area contributed by atoms with Gasteiger partial charge in [0.15, 0.2) is 0 Å². The Hall–Kier alpha value is -2.94. The molecule has 0 aliphatic rings. The molecule has 1 unspecified atom stereocenters. The van der Waals surface area contributed by atoms with E-state index in [-0.39, 0.29) is 16.7 Å². The first-order valence-corrected chi connectivity index (χ1v) is 8.78. The standard InChI is InChI=1S/C18H15F3N4OS/c1-11(12-6-3-2-4-7-12)15-24-25-17(27-15)23-16(26)22-14-9-5-8-13(10-14)18(19,20)21/h2-11H,1H3,(H2,22,23,25,26). The third-order valence-electron chi connectivity index (χ3n) is 3.78. The SMILES string of the molecule is CC(c1ccccc1)c1nnc(NC(=O)Nc2cccc(C(F)(F)F)c2)s1. The van der Waals surface area contributed by atoms with Crippen LogP contribution in [0.5, 0.6) is 0 Å². The van der Waals surface area contributed by atoms with Gasteiger partial charge in [-0.25, -0.2) is 4.79 Å². The molecule has 1 atom stereocenters. The van der Waals surface area contributed by atoms with E-state index in [9.17, 15) is 18.0 Å². The van der Waals surface area contributed by atoms with Gasteiger partial charge >= 0.3 is 12.2 Å². The average molecular weight is 392 g/mol. The summed E-state index contributed by atoms with van der Waals surface area (Å²) in [6, 6.07) is 13.4. The Morgan fingerprint density at radius 1 is 1.04 bits per heavy atom. The Bertz CT molecular complexity index is 928. The van der Waals surface area contributed by atoms with Crippen LogP contribution in [0, 0.1) is 0 Å². The number of urea groups is 1. The second-order valence-corrected chi connectivity index (χ2v) is 6.74. The molecule has 2 amide bonds. The summed E-state index contributed by atoms with van der Waals surface area (Å²) in [4.78, 5) is 12.0. The van der Waals surface area contributed by atoms with Crippen LogP contribution in [-0.2, 0) is 6.18 Å². The Morgan fingerprint density at radius 2 is 1.78 bits per heavy atom. The van der Waals surface area contributed by atoms with Crippen molar-refractivity contribution in [2.75, 3.05) is 10.6 Å². The molecule has 0 saturated heterocycles. The predicted molar refractivity (Wildman–Crippen MR) is 98.0 cm³/mol. The molecule has 0 fully saturated rings. The van der Waals surface area contributed by atoms with E-state index in [1.807, 2.05) is 37.3 Å². The molecule has 1 heterocycles. The number of carbonyl (C=O) groups excluding carboxylic acids is 1. The van der Waals surface area contributed by atoms with Crippen LogP contribution < -0.4 is 10.6 Å². The third kappa shape index (κ3) is 4.82. The molecule has 1 aromatic heterocycles. The van der Waals surface area contributed by atoms with Crippen LogP contribution in [0.15, 0.2) is 54.6 Å². The fraction of sp³-hybridized carbons (Fsp3) is 0.167. The highest BCUT2D eigenvalue weighted by molar-refractivity contribution is 7.15. The van der Waals surface area contributed by atoms with E-state index in [4.69, 9.17) is 0 Å². The molecule has 27 heavy (non-hydrogen) atoms. The summed E-state index contributed by atoms with van der Waals surface area (Å²) in [5, 5.41) is 13.8. The van der Waals surface area contributed by atoms with Crippen LogP contribution in [0.3, 0.4) is 0 Å². The summed E-state index contributed by atoms with van der Waals surface area (Å²) >= 11 is 1.21. The maximum atomic E-state index is 12.7. The Kier molecular flexibility index (Phi) is 5.41. The van der Waals surface area contributed by atoms with Crippen LogP contribution in [0.4, 0.5) is 28.8 Å². The van der Waals surface area contributed by atoms with E-state index in [0.717, 1.165) is 22.7 Å². The van der Waals surface area contributed by atoms with Gasteiger partial charge in [0.25, 0.3) is 0 Å². The van der Waals surface area contributed by atoms with E-state index in [1.165, 1.54) is 23.5 Å². The summed E-state index contributed by atoms with van der Waals surface area (Å²) in [7, 11) is 0. The van der Waals surface area contributed by atoms with Crippen molar-refractivity contribution in [3.8, 4) is 0 Å². The number of anilines is 2. The molecule has 2 N–H and O–H groups in total. The van der Waals surface area contributed by atoms with Gasteiger partial charge in [0, 0.05) is 11.6 Å². The van der Waals surface area contributed by atoms with Crippen molar-refractivity contribution >= 4 is 28.2 Å². The molecule has 3 aromatic rings. The first-order chi connectivity index (χ1) is 12.8. The molecule has 5 nitrogen and oxygen atoms in total. The number of hydrogen-bond acceptors (Lipinski definition) is 4. The fourth-order valence-corrected chi connectivity index (χ4v) is 3.20. The summed E-state index contributed by atoms with van der Waals surface area (Å²) < 4.78 is 38.2. The lowest BCUT2D eigenvalue weighted by Gasteiger charge is -2.09. The number of rotatable bonds is 4. The lowest BCUT2D eigenvalue weighted by atomic mass is 10.0. The molecule has 0 aliphatic carbocycles. The van der Waals surface area contributed by atoms with E-state index in [0.29, 0.717) is 0 Å². The van der Waals surface area contributed by atoms with Crippen LogP contribution >= 0.6 is 11.3 Å². The van der Waals surface area contributed by atoms with Gasteiger partial charge in [0.05, 0.1) is 5.56 Å². The zero-order valence-corrected chi connectivity index (χ0v) is 14.9. The minimum Gasteiger partial charge on any atom is -0.308 e. The van der Waals surface area contributed by atoms with E-state index < -0.39 is 17.8 Å². The highest BCUT2D eigenvalue weighted by Crippen LogP contribution is 2.31. The highest BCUT2D eigenvalue weighted by Gasteiger charge is 2.30. The number of amides is 2. The zero-order chi connectivity index (χ0) is 19.4. The molecule has 3 rings (SSSR count). The second-order valence-electron chi connectivity index (χ2n) is 5.74. The van der Waals surface area contributed by atoms with E-state index in [2.05, 4.69) is 20.8 Å². The summed E-state index contributed by atoms with van der Waals surface area (Å²) in [5.74, 6) is 0.00535. The van der Waals surface area contributed by atoms with Gasteiger partial charge in [0.1, 0.15) is 5.01 Å². The molecule has 2 aromatic carbocycles. The highest BCUT2D eigenvalue weighted by atomic mass is 32.1. The number of nitrogens with zero attached hydrogens (tertiary/aromatic N) is 2. The lowest BCUT2D eigenvalue weighted by molar-refractivity contribution is -0.137. The second kappa shape index (κ2) is 7.75. The van der Waals surface area contributed by atoms with Gasteiger partial charge in [-0.15, -0.1) is 10.2 Å². The van der Waals surface area contributed by atoms with Crippen LogP contribution in [0.1, 0.15) is 29.0 Å². The van der Waals surface area contributed by atoms with Crippen molar-refractivity contribution in [3.63, 3.8) is 0 Å². The summed E-state index contributed by atoms with van der Waals surface area (Å²) in [6.45, 7) is 1.97. The van der Waals surface area contributed by atoms with Gasteiger partial charge in [-0.05, 0) is 23.8 Å². The van der Waals surface area contributed by atoms with Gasteiger partial charge < -0.3 is 5.32 Å². The minimum absolute atomic E-state index is 0.00535. The van der Waals surface area contributed by atoms with Crippen molar-refractivity contribution in [1.82, 2.24) is 10.2 Å². The monoisotopic (exact) mass is 392 g/mol. The Labute approximate surface area is 157 Å². The van der Waals surface area contributed by atoms with Gasteiger partial charge in [0.2, 0.25) is 5.13 Å². The van der Waals surface area contributed by atoms with E-state index >= 15 is 0 Å². The van der Waals surface area contributed by atoms with Crippen LogP contribution in [0.25, 0.3) is 0 Å². The Balaban J connectivity index is 1.65. The number of halogens is 3. The Morgan fingerprint density at radius 3 is 2.48 bits per heavy atom. The molecular weight excluding hydrogens is 377 g/mol. The maximum Gasteiger partial charge on any atom is 0.416 e. The van der Waals surface area contributed by atoms with Crippen molar-refractivity contribution in [3.05, 3.63) is 70.7 Å². The van der Waals surface area contributed by atoms with Crippen LogP contribution in [-0.4, -0.2) is 16.2 Å². The molecule has 0 radical (unpaired) electrons. The largest absolute Gasteiger partial charge is 0.416 e. The fourth-order valence-electron chi connectivity index (χ4n) is 2.38. The van der Waals surface area contributed by atoms with Gasteiger partial charge in [-0.3, -0.25) is 5.32 Å². The van der Waals surface area contributed by atoms with Crippen LogP contribution in [0.2, 0.25) is 0 Å². The predicted octanol–water partition coefficient (Wildman–Crippen LogP) is 5.35. The smallest absolute Gasteiger partial charge is 0.308 e. The number of carbonyl (C=O) groups is 1. The van der Waals surface area contributed by atoms with Gasteiger partial charge in [-0.1, -0.05) is 54.7 Å². The number of aromatic nitrogens is 2. The topological polar surface area (TPSA) is 66.9 Å². The first kappa shape index (κ1) is 18.8. The van der Waals surface area contributed by atoms with Crippen molar-refractivity contribution in [1.29, 1.82) is 0 Å². The first-order valence-electron chi connectivity index (χ1n) is 7.96. The van der Waals surface area contributed by atoms with E-state index in [1.54, 1.807) is 0 Å². The number of benzene rings is 2. The molecular formula is C18H15F3N4OS. The maximum absolute atomic E-state index is 12.7.